The van der Waals surface area contributed by atoms with Crippen LogP contribution in [0.3, 0.4) is 0 Å². The van der Waals surface area contributed by atoms with Crippen LogP contribution in [-0.2, 0) is 33.3 Å². The number of esters is 2. The largest absolute Gasteiger partial charge is 0.477 e. The lowest BCUT2D eigenvalue weighted by Crippen LogP contribution is -2.40. The first kappa shape index (κ1) is 71.5. The number of carboxylic acid groups (broad SMARTS) is 1. The van der Waals surface area contributed by atoms with Gasteiger partial charge in [-0.1, -0.05) is 240 Å². The van der Waals surface area contributed by atoms with Gasteiger partial charge in [-0.3, -0.25) is 9.59 Å². The summed E-state index contributed by atoms with van der Waals surface area (Å²) in [6, 6.07) is 0. The van der Waals surface area contributed by atoms with E-state index in [0.29, 0.717) is 23.9 Å². The zero-order valence-electron chi connectivity index (χ0n) is 49.2. The number of likely N-dealkylation sites (N-methyl/N-ethyl adjacent to an activating group) is 1. The van der Waals surface area contributed by atoms with Crippen molar-refractivity contribution in [3.8, 4) is 0 Å². The number of hydrogen-bond acceptors (Lipinski definition) is 7. The summed E-state index contributed by atoms with van der Waals surface area (Å²) in [4.78, 5) is 37.5. The SMILES string of the molecule is CC/C=C\C/C=C\C/C=C\C/C=C\C/C=C\C/C=C\CCCCCCCCCCC(=O)OC(COC(=O)CCCCCCCCCCCCC/C=C\CCCCCCCCCC)COC(OCC[N+](C)(C)C)C(=O)O. The summed E-state index contributed by atoms with van der Waals surface area (Å²) in [5.41, 5.74) is 0. The Balaban J connectivity index is 4.25. The Bertz CT molecular complexity index is 1500. The van der Waals surface area contributed by atoms with Gasteiger partial charge in [0.1, 0.15) is 13.2 Å². The summed E-state index contributed by atoms with van der Waals surface area (Å²) in [6.45, 7) is 4.77. The summed E-state index contributed by atoms with van der Waals surface area (Å²) in [5.74, 6) is -2.02. The van der Waals surface area contributed by atoms with Crippen LogP contribution in [-0.4, -0.2) is 87.4 Å². The molecule has 0 aliphatic carbocycles. The number of nitrogens with zero attached hydrogens (tertiary/aromatic N) is 1. The molecule has 0 aromatic carbocycles. The molecular weight excluding hydrogens is 935 g/mol. The normalized spacial score (nSPS) is 13.3. The fourth-order valence-electron chi connectivity index (χ4n) is 8.42. The third-order valence-electron chi connectivity index (χ3n) is 13.1. The number of allylic oxidation sites excluding steroid dienone is 14. The van der Waals surface area contributed by atoms with Gasteiger partial charge < -0.3 is 28.5 Å². The topological polar surface area (TPSA) is 108 Å². The standard InChI is InChI=1S/C66H115NO8/c1-6-8-10-12-14-16-18-20-22-24-26-28-30-31-32-33-35-37-39-41-43-45-47-49-51-53-55-57-64(69)75-62(61-74-66(65(70)71)72-59-58-67(3,4)5)60-73-63(68)56-54-52-50-48-46-44-42-40-38-36-34-29-27-25-23-21-19-17-15-13-11-9-7-2/h8,10,14,16,20,22,25-28,31-32,35,37,62,66H,6-7,9,11-13,15,17-19,21,23-24,29-30,33-34,36,38-61H2,1-5H3/p+1/b10-8-,16-14-,22-20-,27-25-,28-26-,32-31-,37-35-. The third kappa shape index (κ3) is 58.0. The molecule has 9 nitrogen and oxygen atoms in total. The van der Waals surface area contributed by atoms with Gasteiger partial charge >= 0.3 is 17.9 Å². The van der Waals surface area contributed by atoms with E-state index in [9.17, 15) is 19.5 Å². The van der Waals surface area contributed by atoms with Crippen LogP contribution in [0.1, 0.15) is 258 Å². The van der Waals surface area contributed by atoms with Crippen molar-refractivity contribution in [3.05, 3.63) is 85.1 Å². The Hall–Kier alpha value is -3.53. The minimum absolute atomic E-state index is 0.183. The van der Waals surface area contributed by atoms with Crippen molar-refractivity contribution in [1.82, 2.24) is 0 Å². The lowest BCUT2D eigenvalue weighted by molar-refractivity contribution is -0.870. The molecule has 1 N–H and O–H groups in total. The van der Waals surface area contributed by atoms with E-state index in [1.807, 2.05) is 21.1 Å². The van der Waals surface area contributed by atoms with Crippen LogP contribution in [0.25, 0.3) is 0 Å². The number of hydrogen-bond donors (Lipinski definition) is 1. The highest BCUT2D eigenvalue weighted by Crippen LogP contribution is 2.16. The third-order valence-corrected chi connectivity index (χ3v) is 13.1. The van der Waals surface area contributed by atoms with Crippen molar-refractivity contribution < 1.29 is 42.9 Å². The fraction of sp³-hybridized carbons (Fsp3) is 0.742. The zero-order chi connectivity index (χ0) is 54.8. The molecule has 2 unspecified atom stereocenters. The maximum Gasteiger partial charge on any atom is 0.361 e. The second-order valence-electron chi connectivity index (χ2n) is 21.6. The second-order valence-corrected chi connectivity index (χ2v) is 21.6. The molecule has 0 amide bonds. The average Bonchev–Trinajstić information content (AvgIpc) is 3.38. The molecule has 0 rings (SSSR count). The van der Waals surface area contributed by atoms with Crippen LogP contribution in [0.5, 0.6) is 0 Å². The Morgan fingerprint density at radius 1 is 0.413 bits per heavy atom. The molecule has 432 valence electrons. The molecule has 0 aromatic heterocycles. The molecule has 2 atom stereocenters. The van der Waals surface area contributed by atoms with Crippen molar-refractivity contribution in [2.24, 2.45) is 0 Å². The highest BCUT2D eigenvalue weighted by atomic mass is 16.7. The molecule has 0 aliphatic rings. The molecule has 0 bridgehead atoms. The summed E-state index contributed by atoms with van der Waals surface area (Å²) in [5, 5.41) is 9.72. The second kappa shape index (κ2) is 56.7. The van der Waals surface area contributed by atoms with E-state index in [1.165, 1.54) is 141 Å². The Labute approximate surface area is 461 Å². The Morgan fingerprint density at radius 2 is 0.760 bits per heavy atom. The van der Waals surface area contributed by atoms with Gasteiger partial charge in [0, 0.05) is 12.8 Å². The average molecular weight is 1050 g/mol. The first-order valence-electron chi connectivity index (χ1n) is 30.8. The fourth-order valence-corrected chi connectivity index (χ4v) is 8.42. The number of rotatable bonds is 56. The number of carboxylic acids is 1. The zero-order valence-corrected chi connectivity index (χ0v) is 49.2. The first-order valence-corrected chi connectivity index (χ1v) is 30.8. The van der Waals surface area contributed by atoms with Crippen molar-refractivity contribution in [2.45, 2.75) is 270 Å². The van der Waals surface area contributed by atoms with Crippen LogP contribution in [0.4, 0.5) is 0 Å². The van der Waals surface area contributed by atoms with E-state index in [2.05, 4.69) is 98.9 Å². The molecule has 75 heavy (non-hydrogen) atoms. The van der Waals surface area contributed by atoms with Gasteiger partial charge in [0.25, 0.3) is 6.29 Å². The van der Waals surface area contributed by atoms with E-state index in [0.717, 1.165) is 83.5 Å². The van der Waals surface area contributed by atoms with Crippen LogP contribution in [0.2, 0.25) is 0 Å². The summed E-state index contributed by atoms with van der Waals surface area (Å²) >= 11 is 0. The smallest absolute Gasteiger partial charge is 0.361 e. The van der Waals surface area contributed by atoms with Crippen molar-refractivity contribution in [1.29, 1.82) is 0 Å². The van der Waals surface area contributed by atoms with Gasteiger partial charge in [-0.25, -0.2) is 4.79 Å². The molecule has 9 heteroatoms. The van der Waals surface area contributed by atoms with Crippen LogP contribution >= 0.6 is 0 Å². The van der Waals surface area contributed by atoms with Crippen molar-refractivity contribution >= 4 is 17.9 Å². The van der Waals surface area contributed by atoms with Crippen molar-refractivity contribution in [3.63, 3.8) is 0 Å². The molecule has 0 spiro atoms. The predicted molar refractivity (Wildman–Crippen MR) is 318 cm³/mol. The van der Waals surface area contributed by atoms with Crippen LogP contribution in [0.15, 0.2) is 85.1 Å². The van der Waals surface area contributed by atoms with Gasteiger partial charge in [-0.2, -0.15) is 0 Å². The van der Waals surface area contributed by atoms with Crippen LogP contribution < -0.4 is 0 Å². The highest BCUT2D eigenvalue weighted by molar-refractivity contribution is 5.71. The molecular formula is C66H116NO8+. The van der Waals surface area contributed by atoms with Crippen molar-refractivity contribution in [2.75, 3.05) is 47.5 Å². The molecule has 0 fully saturated rings. The van der Waals surface area contributed by atoms with E-state index in [1.54, 1.807) is 0 Å². The Morgan fingerprint density at radius 3 is 1.15 bits per heavy atom. The monoisotopic (exact) mass is 1050 g/mol. The molecule has 0 saturated carbocycles. The number of carbonyl (C=O) groups is 3. The molecule has 0 aliphatic heterocycles. The predicted octanol–water partition coefficient (Wildman–Crippen LogP) is 18.3. The van der Waals surface area contributed by atoms with E-state index in [4.69, 9.17) is 18.9 Å². The number of unbranched alkanes of at least 4 members (excludes halogenated alkanes) is 27. The molecule has 0 heterocycles. The van der Waals surface area contributed by atoms with E-state index >= 15 is 0 Å². The maximum atomic E-state index is 12.9. The maximum absolute atomic E-state index is 12.9. The summed E-state index contributed by atoms with van der Waals surface area (Å²) < 4.78 is 22.9. The highest BCUT2D eigenvalue weighted by Gasteiger charge is 2.25. The minimum Gasteiger partial charge on any atom is -0.477 e. The lowest BCUT2D eigenvalue weighted by Gasteiger charge is -2.25. The van der Waals surface area contributed by atoms with Crippen LogP contribution in [0, 0.1) is 0 Å². The quantitative estimate of drug-likeness (QED) is 0.0211. The number of quaternary nitrogens is 1. The Kier molecular flexibility index (Phi) is 54.0. The number of carbonyl (C=O) groups excluding carboxylic acids is 2. The molecule has 0 aromatic rings. The van der Waals surface area contributed by atoms with Gasteiger partial charge in [0.15, 0.2) is 6.10 Å². The summed E-state index contributed by atoms with van der Waals surface area (Å²) in [7, 11) is 5.97. The van der Waals surface area contributed by atoms with E-state index < -0.39 is 24.3 Å². The van der Waals surface area contributed by atoms with E-state index in [-0.39, 0.29) is 32.2 Å². The lowest BCUT2D eigenvalue weighted by atomic mass is 10.0. The first-order chi connectivity index (χ1) is 36.6. The number of ether oxygens (including phenoxy) is 4. The minimum atomic E-state index is -1.52. The van der Waals surface area contributed by atoms with Gasteiger partial charge in [0.2, 0.25) is 0 Å². The van der Waals surface area contributed by atoms with Gasteiger partial charge in [0.05, 0.1) is 34.4 Å². The summed E-state index contributed by atoms with van der Waals surface area (Å²) in [6.07, 6.45) is 72.3. The van der Waals surface area contributed by atoms with Gasteiger partial charge in [-0.05, 0) is 89.9 Å². The molecule has 0 saturated heterocycles. The number of aliphatic carboxylic acids is 1. The molecule has 0 radical (unpaired) electrons. The van der Waals surface area contributed by atoms with Gasteiger partial charge in [-0.15, -0.1) is 0 Å².